The van der Waals surface area contributed by atoms with Gasteiger partial charge in [-0.2, -0.15) is 0 Å². The van der Waals surface area contributed by atoms with Gasteiger partial charge in [0.25, 0.3) is 11.8 Å². The van der Waals surface area contributed by atoms with Crippen LogP contribution in [0.5, 0.6) is 0 Å². The molecule has 0 aliphatic heterocycles. The molecule has 0 saturated carbocycles. The summed E-state index contributed by atoms with van der Waals surface area (Å²) in [7, 11) is 0. The molecule has 8 heteroatoms. The average molecular weight is 523 g/mol. The predicted octanol–water partition coefficient (Wildman–Crippen LogP) is 5.53. The number of pyridine rings is 1. The highest BCUT2D eigenvalue weighted by molar-refractivity contribution is 8.00. The van der Waals surface area contributed by atoms with E-state index in [-0.39, 0.29) is 23.3 Å². The first kappa shape index (κ1) is 26.4. The maximum atomic E-state index is 13.3. The smallest absolute Gasteiger partial charge is 0.272 e. The van der Waals surface area contributed by atoms with Crippen LogP contribution in [0.4, 0.5) is 11.5 Å². The minimum absolute atomic E-state index is 0.107. The van der Waals surface area contributed by atoms with E-state index in [9.17, 15) is 14.4 Å². The number of carbonyl (C=O) groups excluding carboxylic acids is 3. The molecule has 0 saturated heterocycles. The Hall–Kier alpha value is -4.69. The second-order valence-corrected chi connectivity index (χ2v) is 9.37. The zero-order valence-corrected chi connectivity index (χ0v) is 21.5. The van der Waals surface area contributed by atoms with E-state index in [1.165, 1.54) is 11.8 Å². The van der Waals surface area contributed by atoms with Gasteiger partial charge < -0.3 is 16.0 Å². The first-order valence-electron chi connectivity index (χ1n) is 11.9. The fourth-order valence-electron chi connectivity index (χ4n) is 3.40. The number of carbonyl (C=O) groups is 3. The second kappa shape index (κ2) is 13.0. The molecule has 0 fully saturated rings. The fraction of sp³-hybridized carbons (Fsp3) is 0.0667. The van der Waals surface area contributed by atoms with Crippen molar-refractivity contribution in [3.8, 4) is 0 Å². The molecule has 3 amide bonds. The van der Waals surface area contributed by atoms with Crippen LogP contribution in [0.2, 0.25) is 0 Å². The summed E-state index contributed by atoms with van der Waals surface area (Å²) in [6, 6.07) is 28.8. The number of amides is 3. The van der Waals surface area contributed by atoms with Gasteiger partial charge in [0.15, 0.2) is 0 Å². The van der Waals surface area contributed by atoms with Crippen LogP contribution in [0, 0.1) is 6.92 Å². The zero-order valence-electron chi connectivity index (χ0n) is 20.7. The van der Waals surface area contributed by atoms with Crippen molar-refractivity contribution >= 4 is 47.1 Å². The molecule has 3 aromatic carbocycles. The number of nitrogens with one attached hydrogen (secondary N) is 3. The van der Waals surface area contributed by atoms with Crippen molar-refractivity contribution in [1.29, 1.82) is 0 Å². The number of hydrogen-bond donors (Lipinski definition) is 3. The van der Waals surface area contributed by atoms with Gasteiger partial charge in [-0.25, -0.2) is 4.98 Å². The molecular formula is C30H26N4O3S. The Balaban J connectivity index is 1.45. The molecule has 190 valence electrons. The molecule has 0 aliphatic carbocycles. The van der Waals surface area contributed by atoms with Crippen molar-refractivity contribution in [3.05, 3.63) is 126 Å². The van der Waals surface area contributed by atoms with Gasteiger partial charge in [-0.15, -0.1) is 11.8 Å². The van der Waals surface area contributed by atoms with Gasteiger partial charge >= 0.3 is 0 Å². The standard InChI is InChI=1S/C30H26N4O3S/c1-21-13-15-22(16-14-21)18-26(33-29(36)23-8-3-2-4-9-23)30(37)32-24-10-7-11-25(19-24)38-20-28(35)34-27-12-5-6-17-31-27/h2-19H,20H2,1H3,(H,32,37)(H,33,36)(H,31,34,35)/b26-18-. The van der Waals surface area contributed by atoms with E-state index in [2.05, 4.69) is 20.9 Å². The molecule has 0 aliphatic rings. The highest BCUT2D eigenvalue weighted by atomic mass is 32.2. The van der Waals surface area contributed by atoms with Crippen molar-refractivity contribution in [2.75, 3.05) is 16.4 Å². The SMILES string of the molecule is Cc1ccc(/C=C(\NC(=O)c2ccccc2)C(=O)Nc2cccc(SCC(=O)Nc3ccccn3)c2)cc1. The zero-order chi connectivity index (χ0) is 26.7. The van der Waals surface area contributed by atoms with E-state index < -0.39 is 5.91 Å². The lowest BCUT2D eigenvalue weighted by Gasteiger charge is -2.12. The summed E-state index contributed by atoms with van der Waals surface area (Å²) >= 11 is 1.33. The Bertz CT molecular complexity index is 1440. The van der Waals surface area contributed by atoms with Gasteiger partial charge in [0.05, 0.1) is 5.75 Å². The average Bonchev–Trinajstić information content (AvgIpc) is 2.94. The molecule has 7 nitrogen and oxygen atoms in total. The monoisotopic (exact) mass is 522 g/mol. The number of rotatable bonds is 9. The maximum absolute atomic E-state index is 13.3. The van der Waals surface area contributed by atoms with Gasteiger partial charge in [-0.1, -0.05) is 60.2 Å². The second-order valence-electron chi connectivity index (χ2n) is 8.32. The molecule has 38 heavy (non-hydrogen) atoms. The summed E-state index contributed by atoms with van der Waals surface area (Å²) in [6.07, 6.45) is 3.24. The summed E-state index contributed by atoms with van der Waals surface area (Å²) in [5.41, 5.74) is 2.95. The highest BCUT2D eigenvalue weighted by Crippen LogP contribution is 2.22. The van der Waals surface area contributed by atoms with Crippen molar-refractivity contribution in [3.63, 3.8) is 0 Å². The van der Waals surface area contributed by atoms with Gasteiger partial charge in [-0.05, 0) is 61.0 Å². The van der Waals surface area contributed by atoms with Crippen LogP contribution >= 0.6 is 11.8 Å². The molecular weight excluding hydrogens is 496 g/mol. The molecule has 0 unspecified atom stereocenters. The largest absolute Gasteiger partial charge is 0.321 e. The van der Waals surface area contributed by atoms with Crippen LogP contribution in [0.15, 0.2) is 114 Å². The van der Waals surface area contributed by atoms with Crippen LogP contribution in [0.3, 0.4) is 0 Å². The molecule has 4 rings (SSSR count). The maximum Gasteiger partial charge on any atom is 0.272 e. The van der Waals surface area contributed by atoms with E-state index in [4.69, 9.17) is 0 Å². The van der Waals surface area contributed by atoms with Crippen LogP contribution in [-0.2, 0) is 9.59 Å². The first-order chi connectivity index (χ1) is 18.5. The Morgan fingerprint density at radius 3 is 2.34 bits per heavy atom. The third-order valence-corrected chi connectivity index (χ3v) is 6.31. The molecule has 0 radical (unpaired) electrons. The molecule has 0 spiro atoms. The Kier molecular flexibility index (Phi) is 9.04. The number of anilines is 2. The van der Waals surface area contributed by atoms with Crippen LogP contribution in [-0.4, -0.2) is 28.5 Å². The van der Waals surface area contributed by atoms with E-state index in [0.29, 0.717) is 17.1 Å². The Morgan fingerprint density at radius 2 is 1.61 bits per heavy atom. The predicted molar refractivity (Wildman–Crippen MR) is 152 cm³/mol. The van der Waals surface area contributed by atoms with Crippen LogP contribution in [0.1, 0.15) is 21.5 Å². The number of benzene rings is 3. The number of thioether (sulfide) groups is 1. The summed E-state index contributed by atoms with van der Waals surface area (Å²) in [5, 5.41) is 8.34. The van der Waals surface area contributed by atoms with Gasteiger partial charge in [0, 0.05) is 22.3 Å². The summed E-state index contributed by atoms with van der Waals surface area (Å²) in [5.74, 6) is -0.369. The Labute approximate surface area is 225 Å². The summed E-state index contributed by atoms with van der Waals surface area (Å²) in [4.78, 5) is 43.2. The van der Waals surface area contributed by atoms with Crippen LogP contribution < -0.4 is 16.0 Å². The summed E-state index contributed by atoms with van der Waals surface area (Å²) in [6.45, 7) is 1.98. The van der Waals surface area contributed by atoms with Crippen molar-refractivity contribution in [2.45, 2.75) is 11.8 Å². The molecule has 4 aromatic rings. The Morgan fingerprint density at radius 1 is 0.842 bits per heavy atom. The molecule has 0 atom stereocenters. The van der Waals surface area contributed by atoms with E-state index in [1.807, 2.05) is 43.3 Å². The number of aromatic nitrogens is 1. The topological polar surface area (TPSA) is 100 Å². The van der Waals surface area contributed by atoms with Gasteiger partial charge in [0.2, 0.25) is 5.91 Å². The quantitative estimate of drug-likeness (QED) is 0.198. The van der Waals surface area contributed by atoms with Crippen molar-refractivity contribution in [2.24, 2.45) is 0 Å². The van der Waals surface area contributed by atoms with Crippen molar-refractivity contribution in [1.82, 2.24) is 10.3 Å². The third kappa shape index (κ3) is 7.91. The number of hydrogen-bond acceptors (Lipinski definition) is 5. The van der Waals surface area contributed by atoms with Crippen molar-refractivity contribution < 1.29 is 14.4 Å². The minimum atomic E-state index is -0.468. The molecule has 1 heterocycles. The minimum Gasteiger partial charge on any atom is -0.321 e. The molecule has 3 N–H and O–H groups in total. The van der Waals surface area contributed by atoms with E-state index >= 15 is 0 Å². The normalized spacial score (nSPS) is 10.9. The van der Waals surface area contributed by atoms with Gasteiger partial charge in [0.1, 0.15) is 11.5 Å². The lowest BCUT2D eigenvalue weighted by atomic mass is 10.1. The van der Waals surface area contributed by atoms with E-state index in [0.717, 1.165) is 16.0 Å². The molecule has 1 aromatic heterocycles. The first-order valence-corrected chi connectivity index (χ1v) is 12.8. The fourth-order valence-corrected chi connectivity index (χ4v) is 4.15. The van der Waals surface area contributed by atoms with Gasteiger partial charge in [-0.3, -0.25) is 14.4 Å². The number of nitrogens with zero attached hydrogens (tertiary/aromatic N) is 1. The lowest BCUT2D eigenvalue weighted by Crippen LogP contribution is -2.30. The lowest BCUT2D eigenvalue weighted by molar-refractivity contribution is -0.114. The number of aryl methyl sites for hydroxylation is 1. The summed E-state index contributed by atoms with van der Waals surface area (Å²) < 4.78 is 0. The third-order valence-electron chi connectivity index (χ3n) is 5.31. The highest BCUT2D eigenvalue weighted by Gasteiger charge is 2.15. The van der Waals surface area contributed by atoms with E-state index in [1.54, 1.807) is 72.9 Å². The molecule has 0 bridgehead atoms. The van der Waals surface area contributed by atoms with Crippen LogP contribution in [0.25, 0.3) is 6.08 Å².